The summed E-state index contributed by atoms with van der Waals surface area (Å²) in [6, 6.07) is 11.1. The monoisotopic (exact) mass is 517 g/mol. The van der Waals surface area contributed by atoms with Gasteiger partial charge in [-0.25, -0.2) is 19.3 Å². The molecule has 4 aromatic rings. The van der Waals surface area contributed by atoms with Crippen molar-refractivity contribution in [3.63, 3.8) is 0 Å². The van der Waals surface area contributed by atoms with Gasteiger partial charge >= 0.3 is 0 Å². The summed E-state index contributed by atoms with van der Waals surface area (Å²) >= 11 is 0. The molecule has 0 saturated heterocycles. The first kappa shape index (κ1) is 27.1. The fourth-order valence-corrected chi connectivity index (χ4v) is 4.50. The number of halogens is 1. The number of ether oxygens (including phenoxy) is 1. The SMILES string of the molecule is COc1ncc(N(C)c2ccc3nc(C)nc(N[C@H](C)c4cc(N)cc(C)c4F)c3c2)cc1CCN(C)C. The highest BCUT2D eigenvalue weighted by atomic mass is 19.1. The fraction of sp³-hybridized carbons (Fsp3) is 0.345. The molecule has 9 heteroatoms. The number of nitrogens with two attached hydrogens (primary N) is 1. The first-order valence-corrected chi connectivity index (χ1v) is 12.6. The second-order valence-corrected chi connectivity index (χ2v) is 9.90. The number of rotatable bonds is 9. The second-order valence-electron chi connectivity index (χ2n) is 9.90. The molecule has 0 amide bonds. The molecule has 0 bridgehead atoms. The summed E-state index contributed by atoms with van der Waals surface area (Å²) in [5.74, 6) is 1.62. The molecule has 0 saturated carbocycles. The third kappa shape index (κ3) is 5.78. The topological polar surface area (TPSA) is 92.4 Å². The van der Waals surface area contributed by atoms with Crippen LogP contribution in [0.1, 0.15) is 35.5 Å². The standard InChI is InChI=1S/C29H36FN7O/c1-17-12-21(31)14-24(27(17)30)18(2)33-28-25-15-22(8-9-26(25)34-19(3)35-28)37(6)23-13-20(10-11-36(4)5)29(38-7)32-16-23/h8-9,12-16,18H,10-11,31H2,1-7H3,(H,33,34,35)/t18-/m1/s1. The summed E-state index contributed by atoms with van der Waals surface area (Å²) in [4.78, 5) is 18.0. The normalized spacial score (nSPS) is 12.1. The molecule has 0 fully saturated rings. The first-order chi connectivity index (χ1) is 18.1. The van der Waals surface area contributed by atoms with Gasteiger partial charge in [0.25, 0.3) is 0 Å². The molecule has 8 nitrogen and oxygen atoms in total. The molecule has 38 heavy (non-hydrogen) atoms. The number of fused-ring (bicyclic) bond motifs is 1. The number of nitrogen functional groups attached to an aromatic ring is 1. The van der Waals surface area contributed by atoms with Crippen LogP contribution in [-0.2, 0) is 6.42 Å². The number of nitrogens with zero attached hydrogens (tertiary/aromatic N) is 5. The molecule has 2 heterocycles. The molecule has 0 spiro atoms. The molecule has 3 N–H and O–H groups in total. The van der Waals surface area contributed by atoms with Gasteiger partial charge in [-0.05, 0) is 83.2 Å². The Morgan fingerprint density at radius 3 is 2.53 bits per heavy atom. The predicted molar refractivity (Wildman–Crippen MR) is 153 cm³/mol. The van der Waals surface area contributed by atoms with E-state index in [4.69, 9.17) is 10.5 Å². The molecule has 0 aliphatic carbocycles. The number of likely N-dealkylation sites (N-methyl/N-ethyl adjacent to an activating group) is 1. The van der Waals surface area contributed by atoms with Gasteiger partial charge in [-0.1, -0.05) is 0 Å². The number of benzene rings is 2. The van der Waals surface area contributed by atoms with Gasteiger partial charge in [0, 0.05) is 41.5 Å². The number of aromatic nitrogens is 3. The molecule has 200 valence electrons. The predicted octanol–water partition coefficient (Wildman–Crippen LogP) is 5.42. The zero-order valence-electron chi connectivity index (χ0n) is 23.1. The average Bonchev–Trinajstić information content (AvgIpc) is 2.88. The van der Waals surface area contributed by atoms with Gasteiger partial charge in [0.05, 0.1) is 30.6 Å². The van der Waals surface area contributed by atoms with Crippen molar-refractivity contribution < 1.29 is 9.13 Å². The Hall–Kier alpha value is -3.98. The molecule has 2 aromatic heterocycles. The summed E-state index contributed by atoms with van der Waals surface area (Å²) in [5.41, 5.74) is 11.3. The van der Waals surface area contributed by atoms with Crippen LogP contribution in [-0.4, -0.2) is 54.6 Å². The minimum atomic E-state index is -0.360. The number of hydrogen-bond acceptors (Lipinski definition) is 8. The zero-order valence-corrected chi connectivity index (χ0v) is 23.1. The first-order valence-electron chi connectivity index (χ1n) is 12.6. The number of aryl methyl sites for hydroxylation is 2. The maximum Gasteiger partial charge on any atom is 0.216 e. The molecule has 4 rings (SSSR count). The van der Waals surface area contributed by atoms with Crippen LogP contribution in [0.4, 0.5) is 27.3 Å². The van der Waals surface area contributed by atoms with Crippen molar-refractivity contribution in [3.8, 4) is 5.88 Å². The van der Waals surface area contributed by atoms with Gasteiger partial charge in [-0.2, -0.15) is 0 Å². The quantitative estimate of drug-likeness (QED) is 0.285. The van der Waals surface area contributed by atoms with Crippen LogP contribution in [0.25, 0.3) is 10.9 Å². The van der Waals surface area contributed by atoms with Crippen LogP contribution in [0.3, 0.4) is 0 Å². The van der Waals surface area contributed by atoms with Crippen molar-refractivity contribution in [3.05, 3.63) is 70.9 Å². The van der Waals surface area contributed by atoms with E-state index in [1.807, 2.05) is 53.2 Å². The minimum absolute atomic E-state index is 0.271. The maximum absolute atomic E-state index is 14.9. The maximum atomic E-state index is 14.9. The summed E-state index contributed by atoms with van der Waals surface area (Å²) in [5, 5.41) is 4.23. The zero-order chi connectivity index (χ0) is 27.6. The van der Waals surface area contributed by atoms with Crippen LogP contribution in [0.2, 0.25) is 0 Å². The molecule has 0 unspecified atom stereocenters. The van der Waals surface area contributed by atoms with Crippen molar-refractivity contribution >= 4 is 33.8 Å². The number of anilines is 4. The molecule has 0 aliphatic heterocycles. The molecule has 0 aliphatic rings. The number of pyridine rings is 1. The average molecular weight is 518 g/mol. The Bertz CT molecular complexity index is 1460. The molecule has 0 radical (unpaired) electrons. The van der Waals surface area contributed by atoms with Crippen LogP contribution >= 0.6 is 0 Å². The Morgan fingerprint density at radius 2 is 1.82 bits per heavy atom. The van der Waals surface area contributed by atoms with Gasteiger partial charge in [0.2, 0.25) is 5.88 Å². The van der Waals surface area contributed by atoms with Gasteiger partial charge in [0.15, 0.2) is 0 Å². The summed E-state index contributed by atoms with van der Waals surface area (Å²) < 4.78 is 20.4. The Labute approximate surface area is 223 Å². The fourth-order valence-electron chi connectivity index (χ4n) is 4.50. The Balaban J connectivity index is 1.70. The highest BCUT2D eigenvalue weighted by molar-refractivity contribution is 5.92. The number of hydrogen-bond donors (Lipinski definition) is 2. The van der Waals surface area contributed by atoms with E-state index in [0.717, 1.165) is 40.8 Å². The lowest BCUT2D eigenvalue weighted by Crippen LogP contribution is -2.16. The summed E-state index contributed by atoms with van der Waals surface area (Å²) in [6.07, 6.45) is 2.63. The van der Waals surface area contributed by atoms with Crippen molar-refractivity contribution in [2.45, 2.75) is 33.2 Å². The molecule has 2 aromatic carbocycles. The lowest BCUT2D eigenvalue weighted by atomic mass is 10.0. The second kappa shape index (κ2) is 11.2. The summed E-state index contributed by atoms with van der Waals surface area (Å²) in [6.45, 7) is 6.35. The van der Waals surface area contributed by atoms with Crippen LogP contribution in [0.15, 0.2) is 42.6 Å². The van der Waals surface area contributed by atoms with E-state index in [-0.39, 0.29) is 11.9 Å². The molecule has 1 atom stereocenters. The summed E-state index contributed by atoms with van der Waals surface area (Å²) in [7, 11) is 7.73. The number of methoxy groups -OCH3 is 1. The van der Waals surface area contributed by atoms with E-state index in [9.17, 15) is 4.39 Å². The third-order valence-electron chi connectivity index (χ3n) is 6.62. The third-order valence-corrected chi connectivity index (χ3v) is 6.62. The van der Waals surface area contributed by atoms with E-state index in [1.54, 1.807) is 32.4 Å². The lowest BCUT2D eigenvalue weighted by molar-refractivity contribution is 0.380. The Kier molecular flexibility index (Phi) is 7.97. The van der Waals surface area contributed by atoms with E-state index >= 15 is 0 Å². The van der Waals surface area contributed by atoms with Gasteiger partial charge in [-0.15, -0.1) is 0 Å². The van der Waals surface area contributed by atoms with Crippen LogP contribution in [0.5, 0.6) is 5.88 Å². The van der Waals surface area contributed by atoms with Crippen molar-refractivity contribution in [1.29, 1.82) is 0 Å². The Morgan fingerprint density at radius 1 is 1.05 bits per heavy atom. The van der Waals surface area contributed by atoms with Crippen molar-refractivity contribution in [2.75, 3.05) is 50.7 Å². The van der Waals surface area contributed by atoms with Crippen molar-refractivity contribution in [2.24, 2.45) is 0 Å². The highest BCUT2D eigenvalue weighted by Gasteiger charge is 2.18. The van der Waals surface area contributed by atoms with Crippen LogP contribution in [0, 0.1) is 19.7 Å². The van der Waals surface area contributed by atoms with Crippen molar-refractivity contribution in [1.82, 2.24) is 19.9 Å². The van der Waals surface area contributed by atoms with Gasteiger partial charge in [-0.3, -0.25) is 0 Å². The minimum Gasteiger partial charge on any atom is -0.481 e. The molecular weight excluding hydrogens is 481 g/mol. The van der Waals surface area contributed by atoms with Gasteiger partial charge < -0.3 is 25.6 Å². The largest absolute Gasteiger partial charge is 0.481 e. The van der Waals surface area contributed by atoms with E-state index < -0.39 is 0 Å². The van der Waals surface area contributed by atoms with Gasteiger partial charge in [0.1, 0.15) is 17.5 Å². The van der Waals surface area contributed by atoms with E-state index in [2.05, 4.69) is 36.1 Å². The van der Waals surface area contributed by atoms with Crippen LogP contribution < -0.4 is 20.7 Å². The highest BCUT2D eigenvalue weighted by Crippen LogP contribution is 2.33. The lowest BCUT2D eigenvalue weighted by Gasteiger charge is -2.22. The van der Waals surface area contributed by atoms with E-state index in [1.165, 1.54) is 0 Å². The smallest absolute Gasteiger partial charge is 0.216 e. The molecular formula is C29H36FN7O. The number of nitrogens with one attached hydrogen (secondary N) is 1. The van der Waals surface area contributed by atoms with E-state index in [0.29, 0.717) is 34.3 Å².